The van der Waals surface area contributed by atoms with Gasteiger partial charge in [0.1, 0.15) is 5.60 Å². The first-order valence-corrected chi connectivity index (χ1v) is 9.07. The second-order valence-corrected chi connectivity index (χ2v) is 8.06. The van der Waals surface area contributed by atoms with E-state index in [4.69, 9.17) is 10.5 Å². The van der Waals surface area contributed by atoms with E-state index in [1.807, 2.05) is 46.4 Å². The summed E-state index contributed by atoms with van der Waals surface area (Å²) in [6, 6.07) is -0.421. The molecule has 0 aromatic carbocycles. The Hall–Kier alpha value is -1.30. The molecule has 1 atom stereocenters. The van der Waals surface area contributed by atoms with E-state index in [0.29, 0.717) is 19.0 Å². The molecule has 0 bridgehead atoms. The van der Waals surface area contributed by atoms with Crippen LogP contribution in [0.2, 0.25) is 0 Å². The van der Waals surface area contributed by atoms with Crippen LogP contribution in [-0.4, -0.2) is 59.6 Å². The van der Waals surface area contributed by atoms with Gasteiger partial charge in [-0.2, -0.15) is 0 Å². The number of nitrogens with two attached hydrogens (primary N) is 1. The zero-order valence-corrected chi connectivity index (χ0v) is 16.2. The third-order valence-electron chi connectivity index (χ3n) is 4.44. The molecule has 0 radical (unpaired) electrons. The van der Waals surface area contributed by atoms with Crippen LogP contribution in [0.5, 0.6) is 0 Å². The number of hydrogen-bond acceptors (Lipinski definition) is 4. The summed E-state index contributed by atoms with van der Waals surface area (Å²) < 4.78 is 5.46. The Morgan fingerprint density at radius 2 is 1.79 bits per heavy atom. The highest BCUT2D eigenvalue weighted by atomic mass is 16.6. The van der Waals surface area contributed by atoms with Gasteiger partial charge in [-0.3, -0.25) is 4.79 Å². The van der Waals surface area contributed by atoms with Crippen molar-refractivity contribution in [2.75, 3.05) is 26.2 Å². The Balaban J connectivity index is 2.49. The minimum Gasteiger partial charge on any atom is -0.444 e. The van der Waals surface area contributed by atoms with Crippen molar-refractivity contribution < 1.29 is 14.3 Å². The molecular formula is C18H35N3O3. The fourth-order valence-corrected chi connectivity index (χ4v) is 2.80. The number of amides is 2. The van der Waals surface area contributed by atoms with Gasteiger partial charge in [-0.25, -0.2) is 4.79 Å². The van der Waals surface area contributed by atoms with Crippen LogP contribution in [0.15, 0.2) is 0 Å². The van der Waals surface area contributed by atoms with E-state index in [0.717, 1.165) is 25.9 Å². The summed E-state index contributed by atoms with van der Waals surface area (Å²) in [6.45, 7) is 14.3. The van der Waals surface area contributed by atoms with Gasteiger partial charge in [-0.15, -0.1) is 0 Å². The van der Waals surface area contributed by atoms with E-state index < -0.39 is 11.6 Å². The fourth-order valence-electron chi connectivity index (χ4n) is 2.80. The maximum Gasteiger partial charge on any atom is 0.410 e. The standard InChI is InChI=1S/C18H35N3O3/c1-7-20(17(23)24-18(4,5)6)12-14-8-10-21(11-9-14)16(22)15(19)13(2)3/h13-15H,7-12,19H2,1-6H3/t15-/m0/s1. The Morgan fingerprint density at radius 1 is 1.25 bits per heavy atom. The molecule has 0 unspecified atom stereocenters. The van der Waals surface area contributed by atoms with Crippen LogP contribution in [0.3, 0.4) is 0 Å². The van der Waals surface area contributed by atoms with E-state index >= 15 is 0 Å². The number of carbonyl (C=O) groups excluding carboxylic acids is 2. The molecule has 0 aromatic heterocycles. The van der Waals surface area contributed by atoms with Gasteiger partial charge >= 0.3 is 6.09 Å². The largest absolute Gasteiger partial charge is 0.444 e. The van der Waals surface area contributed by atoms with Crippen LogP contribution in [0.1, 0.15) is 54.4 Å². The monoisotopic (exact) mass is 341 g/mol. The molecular weight excluding hydrogens is 306 g/mol. The van der Waals surface area contributed by atoms with Crippen LogP contribution in [0.4, 0.5) is 4.79 Å². The molecule has 24 heavy (non-hydrogen) atoms. The topological polar surface area (TPSA) is 75.9 Å². The second kappa shape index (κ2) is 8.70. The fraction of sp³-hybridized carbons (Fsp3) is 0.889. The highest BCUT2D eigenvalue weighted by Crippen LogP contribution is 2.21. The van der Waals surface area contributed by atoms with Crippen molar-refractivity contribution in [2.24, 2.45) is 17.6 Å². The molecule has 1 saturated heterocycles. The summed E-state index contributed by atoms with van der Waals surface area (Å²) in [5.41, 5.74) is 5.49. The van der Waals surface area contributed by atoms with E-state index in [1.54, 1.807) is 4.90 Å². The van der Waals surface area contributed by atoms with Gasteiger partial charge in [0.15, 0.2) is 0 Å². The molecule has 1 aliphatic heterocycles. The Kier molecular flexibility index (Phi) is 7.52. The number of nitrogens with zero attached hydrogens (tertiary/aromatic N) is 2. The molecule has 6 nitrogen and oxygen atoms in total. The highest BCUT2D eigenvalue weighted by molar-refractivity contribution is 5.82. The van der Waals surface area contributed by atoms with E-state index in [1.165, 1.54) is 0 Å². The van der Waals surface area contributed by atoms with Crippen molar-refractivity contribution in [1.29, 1.82) is 0 Å². The van der Waals surface area contributed by atoms with Crippen molar-refractivity contribution in [1.82, 2.24) is 9.80 Å². The van der Waals surface area contributed by atoms with Crippen LogP contribution in [0, 0.1) is 11.8 Å². The predicted octanol–water partition coefficient (Wildman–Crippen LogP) is 2.47. The van der Waals surface area contributed by atoms with Crippen LogP contribution < -0.4 is 5.73 Å². The van der Waals surface area contributed by atoms with Gasteiger partial charge in [0.25, 0.3) is 0 Å². The van der Waals surface area contributed by atoms with Crippen LogP contribution in [0.25, 0.3) is 0 Å². The molecule has 2 amide bonds. The quantitative estimate of drug-likeness (QED) is 0.833. The van der Waals surface area contributed by atoms with Gasteiger partial charge < -0.3 is 20.3 Å². The van der Waals surface area contributed by atoms with Crippen molar-refractivity contribution >= 4 is 12.0 Å². The summed E-state index contributed by atoms with van der Waals surface area (Å²) in [6.07, 6.45) is 1.54. The van der Waals surface area contributed by atoms with Crippen molar-refractivity contribution in [2.45, 2.75) is 66.0 Å². The molecule has 1 heterocycles. The average molecular weight is 341 g/mol. The number of hydrogen-bond donors (Lipinski definition) is 1. The summed E-state index contributed by atoms with van der Waals surface area (Å²) >= 11 is 0. The first-order valence-electron chi connectivity index (χ1n) is 9.07. The third kappa shape index (κ3) is 6.30. The highest BCUT2D eigenvalue weighted by Gasteiger charge is 2.30. The van der Waals surface area contributed by atoms with E-state index in [9.17, 15) is 9.59 Å². The van der Waals surface area contributed by atoms with Gasteiger partial charge in [-0.05, 0) is 52.4 Å². The van der Waals surface area contributed by atoms with E-state index in [-0.39, 0.29) is 17.9 Å². The number of carbonyl (C=O) groups is 2. The average Bonchev–Trinajstić information content (AvgIpc) is 2.49. The third-order valence-corrected chi connectivity index (χ3v) is 4.44. The molecule has 2 N–H and O–H groups in total. The van der Waals surface area contributed by atoms with Crippen LogP contribution >= 0.6 is 0 Å². The lowest BCUT2D eigenvalue weighted by Gasteiger charge is -2.36. The minimum absolute atomic E-state index is 0.0444. The van der Waals surface area contributed by atoms with Gasteiger partial charge in [0.2, 0.25) is 5.91 Å². The Morgan fingerprint density at radius 3 is 2.21 bits per heavy atom. The summed E-state index contributed by atoms with van der Waals surface area (Å²) in [5, 5.41) is 0. The van der Waals surface area contributed by atoms with Crippen molar-refractivity contribution in [3.05, 3.63) is 0 Å². The van der Waals surface area contributed by atoms with E-state index in [2.05, 4.69) is 0 Å². The lowest BCUT2D eigenvalue weighted by Crippen LogP contribution is -2.50. The Labute approximate surface area is 146 Å². The molecule has 1 aliphatic rings. The smallest absolute Gasteiger partial charge is 0.410 e. The maximum atomic E-state index is 12.3. The predicted molar refractivity (Wildman–Crippen MR) is 95.6 cm³/mol. The van der Waals surface area contributed by atoms with Gasteiger partial charge in [0, 0.05) is 26.2 Å². The second-order valence-electron chi connectivity index (χ2n) is 8.06. The first kappa shape index (κ1) is 20.7. The number of rotatable bonds is 5. The zero-order chi connectivity index (χ0) is 18.5. The molecule has 0 aromatic rings. The normalized spacial score (nSPS) is 17.8. The molecule has 0 saturated carbocycles. The number of piperidine rings is 1. The first-order chi connectivity index (χ1) is 11.0. The molecule has 6 heteroatoms. The minimum atomic E-state index is -0.479. The molecule has 140 valence electrons. The van der Waals surface area contributed by atoms with Gasteiger partial charge in [-0.1, -0.05) is 13.8 Å². The molecule has 1 fully saturated rings. The zero-order valence-electron chi connectivity index (χ0n) is 16.2. The Bertz CT molecular complexity index is 424. The SMILES string of the molecule is CCN(CC1CCN(C(=O)[C@@H](N)C(C)C)CC1)C(=O)OC(C)(C)C. The van der Waals surface area contributed by atoms with Crippen molar-refractivity contribution in [3.8, 4) is 0 Å². The molecule has 1 rings (SSSR count). The maximum absolute atomic E-state index is 12.3. The summed E-state index contributed by atoms with van der Waals surface area (Å²) in [4.78, 5) is 28.2. The van der Waals surface area contributed by atoms with Crippen LogP contribution in [-0.2, 0) is 9.53 Å². The lowest BCUT2D eigenvalue weighted by molar-refractivity contribution is -0.135. The number of ether oxygens (including phenoxy) is 1. The van der Waals surface area contributed by atoms with Gasteiger partial charge in [0.05, 0.1) is 6.04 Å². The summed E-state index contributed by atoms with van der Waals surface area (Å²) in [5.74, 6) is 0.595. The van der Waals surface area contributed by atoms with Crippen molar-refractivity contribution in [3.63, 3.8) is 0 Å². The lowest BCUT2D eigenvalue weighted by atomic mass is 9.94. The summed E-state index contributed by atoms with van der Waals surface area (Å²) in [7, 11) is 0. The molecule has 0 spiro atoms. The number of likely N-dealkylation sites (tertiary alicyclic amines) is 1. The molecule has 0 aliphatic carbocycles.